The fraction of sp³-hybridized carbons (Fsp3) is 0.333. The number of primary amides is 1. The van der Waals surface area contributed by atoms with E-state index in [0.717, 1.165) is 11.3 Å². The van der Waals surface area contributed by atoms with Gasteiger partial charge in [0.2, 0.25) is 0 Å². The molecule has 2 atom stereocenters. The number of methoxy groups -OCH3 is 1. The smallest absolute Gasteiger partial charge is 0.265 e. The van der Waals surface area contributed by atoms with Gasteiger partial charge in [-0.2, -0.15) is 5.10 Å². The minimum Gasteiger partial charge on any atom is -0.497 e. The first-order chi connectivity index (χ1) is 8.13. The minimum absolute atomic E-state index is 0. The predicted molar refractivity (Wildman–Crippen MR) is 71.9 cm³/mol. The zero-order chi connectivity index (χ0) is 12.4. The van der Waals surface area contributed by atoms with Crippen LogP contribution in [-0.4, -0.2) is 18.7 Å². The molecule has 0 saturated carbocycles. The van der Waals surface area contributed by atoms with Crippen LogP contribution in [0.1, 0.15) is 18.5 Å². The van der Waals surface area contributed by atoms with Crippen molar-refractivity contribution in [2.45, 2.75) is 13.0 Å². The summed E-state index contributed by atoms with van der Waals surface area (Å²) in [6.07, 6.45) is 0. The summed E-state index contributed by atoms with van der Waals surface area (Å²) < 4.78 is 5.09. The summed E-state index contributed by atoms with van der Waals surface area (Å²) in [5, 5.41) is 3.98. The van der Waals surface area contributed by atoms with E-state index >= 15 is 0 Å². The molecule has 1 aromatic rings. The van der Waals surface area contributed by atoms with Gasteiger partial charge in [-0.05, 0) is 17.7 Å². The van der Waals surface area contributed by atoms with Crippen LogP contribution in [0.5, 0.6) is 5.75 Å². The van der Waals surface area contributed by atoms with Gasteiger partial charge in [0, 0.05) is 5.92 Å². The molecule has 18 heavy (non-hydrogen) atoms. The van der Waals surface area contributed by atoms with Crippen molar-refractivity contribution in [3.63, 3.8) is 0 Å². The molecule has 2 unspecified atom stereocenters. The molecule has 2 rings (SSSR count). The number of amides is 1. The third-order valence-corrected chi connectivity index (χ3v) is 2.98. The number of hydrogen-bond donors (Lipinski definition) is 2. The molecule has 0 aliphatic carbocycles. The maximum atomic E-state index is 11.1. The van der Waals surface area contributed by atoms with E-state index in [1.165, 1.54) is 0 Å². The first-order valence-electron chi connectivity index (χ1n) is 5.40. The van der Waals surface area contributed by atoms with Gasteiger partial charge >= 0.3 is 0 Å². The summed E-state index contributed by atoms with van der Waals surface area (Å²) in [7, 11) is 1.62. The van der Waals surface area contributed by atoms with Crippen molar-refractivity contribution in [3.05, 3.63) is 29.8 Å². The van der Waals surface area contributed by atoms with Gasteiger partial charge in [-0.3, -0.25) is 4.79 Å². The van der Waals surface area contributed by atoms with E-state index in [1.807, 2.05) is 31.2 Å². The average Bonchev–Trinajstić information content (AvgIpc) is 2.71. The zero-order valence-corrected chi connectivity index (χ0v) is 11.0. The molecule has 0 radical (unpaired) electrons. The molecule has 0 fully saturated rings. The van der Waals surface area contributed by atoms with Crippen LogP contribution in [-0.2, 0) is 4.79 Å². The first kappa shape index (κ1) is 14.3. The second kappa shape index (κ2) is 5.73. The summed E-state index contributed by atoms with van der Waals surface area (Å²) in [5.74, 6) is 0.303. The van der Waals surface area contributed by atoms with Gasteiger partial charge in [0.05, 0.1) is 13.2 Å². The highest BCUT2D eigenvalue weighted by atomic mass is 35.5. The van der Waals surface area contributed by atoms with E-state index in [4.69, 9.17) is 10.5 Å². The highest BCUT2D eigenvalue weighted by molar-refractivity contribution is 6.39. The Morgan fingerprint density at radius 1 is 1.39 bits per heavy atom. The molecule has 3 N–H and O–H groups in total. The van der Waals surface area contributed by atoms with Crippen molar-refractivity contribution in [3.8, 4) is 5.75 Å². The monoisotopic (exact) mass is 269 g/mol. The van der Waals surface area contributed by atoms with Crippen LogP contribution in [0.4, 0.5) is 0 Å². The van der Waals surface area contributed by atoms with Crippen molar-refractivity contribution >= 4 is 24.0 Å². The van der Waals surface area contributed by atoms with E-state index < -0.39 is 5.91 Å². The van der Waals surface area contributed by atoms with Gasteiger partial charge in [0.25, 0.3) is 5.91 Å². The molecule has 0 spiro atoms. The molecule has 1 aliphatic rings. The number of carbonyl (C=O) groups excluding carboxylic acids is 1. The minimum atomic E-state index is -0.471. The second-order valence-corrected chi connectivity index (χ2v) is 4.03. The number of hydrogen-bond acceptors (Lipinski definition) is 4. The molecule has 1 aliphatic heterocycles. The maximum Gasteiger partial charge on any atom is 0.265 e. The first-order valence-corrected chi connectivity index (χ1v) is 5.40. The number of nitrogens with zero attached hydrogens (tertiary/aromatic N) is 1. The Hall–Kier alpha value is -1.75. The summed E-state index contributed by atoms with van der Waals surface area (Å²) >= 11 is 0. The van der Waals surface area contributed by atoms with Crippen LogP contribution >= 0.6 is 12.4 Å². The van der Waals surface area contributed by atoms with Crippen LogP contribution in [0.15, 0.2) is 29.4 Å². The molecule has 6 heteroatoms. The summed E-state index contributed by atoms with van der Waals surface area (Å²) in [6.45, 7) is 1.93. The number of benzene rings is 1. The largest absolute Gasteiger partial charge is 0.497 e. The zero-order valence-electron chi connectivity index (χ0n) is 10.2. The summed E-state index contributed by atoms with van der Waals surface area (Å²) in [4.78, 5) is 11.1. The van der Waals surface area contributed by atoms with Crippen molar-refractivity contribution in [1.29, 1.82) is 0 Å². The number of nitrogens with two attached hydrogens (primary N) is 1. The molecule has 1 amide bonds. The number of halogens is 1. The molecular formula is C12H16ClN3O2. The SMILES string of the molecule is COc1ccc(C2NN=C(C(N)=O)C2C)cc1.Cl. The Balaban J connectivity index is 0.00000162. The average molecular weight is 270 g/mol. The van der Waals surface area contributed by atoms with Crippen LogP contribution < -0.4 is 15.9 Å². The highest BCUT2D eigenvalue weighted by Crippen LogP contribution is 2.28. The Labute approximate surface area is 112 Å². The van der Waals surface area contributed by atoms with E-state index in [2.05, 4.69) is 10.5 Å². The van der Waals surface area contributed by atoms with Crippen molar-refractivity contribution in [2.75, 3.05) is 7.11 Å². The lowest BCUT2D eigenvalue weighted by Gasteiger charge is -2.16. The van der Waals surface area contributed by atoms with Gasteiger partial charge in [-0.25, -0.2) is 0 Å². The maximum absolute atomic E-state index is 11.1. The van der Waals surface area contributed by atoms with E-state index in [1.54, 1.807) is 7.11 Å². The molecule has 98 valence electrons. The van der Waals surface area contributed by atoms with Crippen LogP contribution in [0.25, 0.3) is 0 Å². The van der Waals surface area contributed by atoms with E-state index in [0.29, 0.717) is 5.71 Å². The van der Waals surface area contributed by atoms with Crippen molar-refractivity contribution in [1.82, 2.24) is 5.43 Å². The quantitative estimate of drug-likeness (QED) is 0.867. The topological polar surface area (TPSA) is 76.7 Å². The third-order valence-electron chi connectivity index (χ3n) is 2.98. The van der Waals surface area contributed by atoms with Gasteiger partial charge < -0.3 is 15.9 Å². The number of rotatable bonds is 3. The fourth-order valence-electron chi connectivity index (χ4n) is 1.96. The van der Waals surface area contributed by atoms with E-state index in [-0.39, 0.29) is 24.4 Å². The molecular weight excluding hydrogens is 254 g/mol. The Morgan fingerprint density at radius 3 is 2.44 bits per heavy atom. The van der Waals surface area contributed by atoms with Gasteiger partial charge in [-0.1, -0.05) is 19.1 Å². The normalized spacial score (nSPS) is 21.6. The summed E-state index contributed by atoms with van der Waals surface area (Å²) in [5.41, 5.74) is 9.63. The van der Waals surface area contributed by atoms with Crippen molar-refractivity contribution < 1.29 is 9.53 Å². The standard InChI is InChI=1S/C12H15N3O2.ClH/c1-7-10(14-15-11(7)12(13)16)8-3-5-9(17-2)6-4-8;/h3-7,10,14H,1-2H3,(H2,13,16);1H. The highest BCUT2D eigenvalue weighted by Gasteiger charge is 2.31. The Kier molecular flexibility index (Phi) is 4.55. The van der Waals surface area contributed by atoms with Crippen molar-refractivity contribution in [2.24, 2.45) is 16.8 Å². The van der Waals surface area contributed by atoms with E-state index in [9.17, 15) is 4.79 Å². The lowest BCUT2D eigenvalue weighted by atomic mass is 9.92. The van der Waals surface area contributed by atoms with Crippen LogP contribution in [0.3, 0.4) is 0 Å². The number of nitrogens with one attached hydrogen (secondary N) is 1. The number of carbonyl (C=O) groups is 1. The predicted octanol–water partition coefficient (Wildman–Crippen LogP) is 1.24. The molecule has 0 saturated heterocycles. The Bertz CT molecular complexity index is 459. The Morgan fingerprint density at radius 2 is 2.00 bits per heavy atom. The third kappa shape index (κ3) is 2.56. The van der Waals surface area contributed by atoms with Crippen LogP contribution in [0, 0.1) is 5.92 Å². The molecule has 1 heterocycles. The van der Waals surface area contributed by atoms with Gasteiger partial charge in [-0.15, -0.1) is 12.4 Å². The van der Waals surface area contributed by atoms with Gasteiger partial charge in [0.1, 0.15) is 11.5 Å². The second-order valence-electron chi connectivity index (χ2n) is 4.03. The lowest BCUT2D eigenvalue weighted by molar-refractivity contribution is -0.112. The lowest BCUT2D eigenvalue weighted by Crippen LogP contribution is -2.28. The molecule has 1 aromatic carbocycles. The molecule has 0 aromatic heterocycles. The summed E-state index contributed by atoms with van der Waals surface area (Å²) in [6, 6.07) is 7.65. The number of hydrazone groups is 1. The van der Waals surface area contributed by atoms with Crippen LogP contribution in [0.2, 0.25) is 0 Å². The molecule has 0 bridgehead atoms. The van der Waals surface area contributed by atoms with Gasteiger partial charge in [0.15, 0.2) is 0 Å². The fourth-order valence-corrected chi connectivity index (χ4v) is 1.96. The number of ether oxygens (including phenoxy) is 1. The molecule has 5 nitrogen and oxygen atoms in total.